The topological polar surface area (TPSA) is 89.2 Å². The number of rotatable bonds is 12. The van der Waals surface area contributed by atoms with E-state index in [0.717, 1.165) is 72.8 Å². The number of ether oxygens (including phenoxy) is 2. The van der Waals surface area contributed by atoms with Crippen molar-refractivity contribution in [2.45, 2.75) is 63.8 Å². The lowest BCUT2D eigenvalue weighted by Gasteiger charge is -2.26. The van der Waals surface area contributed by atoms with Crippen LogP contribution in [-0.4, -0.2) is 35.4 Å². The summed E-state index contributed by atoms with van der Waals surface area (Å²) in [4.78, 5) is 4.63. The maximum Gasteiger partial charge on any atom is 0.123 e. The van der Waals surface area contributed by atoms with Crippen LogP contribution in [0.15, 0.2) is 122 Å². The van der Waals surface area contributed by atoms with E-state index in [9.17, 15) is 14.6 Å². The molecule has 6 rings (SSSR count). The van der Waals surface area contributed by atoms with E-state index in [1.807, 2.05) is 66.7 Å². The van der Waals surface area contributed by atoms with Gasteiger partial charge in [0.2, 0.25) is 0 Å². The second-order valence-corrected chi connectivity index (χ2v) is 12.5. The normalized spacial score (nSPS) is 16.7. The van der Waals surface area contributed by atoms with Crippen LogP contribution in [0.25, 0.3) is 0 Å². The SMILES string of the molecule is C=C(O)CC1CCCN1c1ccc(OCc2ccc(F)cc2)cc1.C=C(O)CC1CCCN1c1ccc(OCc2ccccc2C#N)cc1. The molecule has 49 heavy (non-hydrogen) atoms. The minimum atomic E-state index is -0.242. The summed E-state index contributed by atoms with van der Waals surface area (Å²) in [6, 6.07) is 32.6. The zero-order valence-corrected chi connectivity index (χ0v) is 27.8. The Morgan fingerprint density at radius 2 is 1.20 bits per heavy atom. The maximum absolute atomic E-state index is 12.9. The summed E-state index contributed by atoms with van der Waals surface area (Å²) >= 11 is 0. The average Bonchev–Trinajstić information content (AvgIpc) is 3.77. The molecule has 0 spiro atoms. The molecule has 2 aliphatic heterocycles. The second-order valence-electron chi connectivity index (χ2n) is 12.5. The molecule has 0 amide bonds. The number of aliphatic hydroxyl groups is 2. The minimum absolute atomic E-state index is 0.242. The highest BCUT2D eigenvalue weighted by atomic mass is 19.1. The second kappa shape index (κ2) is 17.1. The zero-order valence-electron chi connectivity index (χ0n) is 27.8. The molecule has 0 aliphatic carbocycles. The highest BCUT2D eigenvalue weighted by Gasteiger charge is 2.26. The van der Waals surface area contributed by atoms with Crippen LogP contribution in [0.1, 0.15) is 55.2 Å². The van der Waals surface area contributed by atoms with Gasteiger partial charge in [-0.25, -0.2) is 4.39 Å². The first-order valence-electron chi connectivity index (χ1n) is 16.7. The van der Waals surface area contributed by atoms with Gasteiger partial charge >= 0.3 is 0 Å². The predicted octanol–water partition coefficient (Wildman–Crippen LogP) is 9.40. The largest absolute Gasteiger partial charge is 0.513 e. The van der Waals surface area contributed by atoms with Crippen molar-refractivity contribution in [2.24, 2.45) is 0 Å². The number of hydrogen-bond acceptors (Lipinski definition) is 7. The van der Waals surface area contributed by atoms with Crippen molar-refractivity contribution >= 4 is 11.4 Å². The van der Waals surface area contributed by atoms with E-state index < -0.39 is 0 Å². The van der Waals surface area contributed by atoms with E-state index in [0.29, 0.717) is 43.7 Å². The smallest absolute Gasteiger partial charge is 0.123 e. The van der Waals surface area contributed by atoms with Crippen molar-refractivity contribution in [1.82, 2.24) is 0 Å². The summed E-state index contributed by atoms with van der Waals surface area (Å²) < 4.78 is 24.5. The van der Waals surface area contributed by atoms with Crippen molar-refractivity contribution in [3.63, 3.8) is 0 Å². The van der Waals surface area contributed by atoms with Gasteiger partial charge in [0.25, 0.3) is 0 Å². The molecule has 4 aromatic rings. The van der Waals surface area contributed by atoms with E-state index in [2.05, 4.69) is 29.0 Å². The molecule has 0 aromatic heterocycles. The summed E-state index contributed by atoms with van der Waals surface area (Å²) in [5.41, 5.74) is 4.72. The van der Waals surface area contributed by atoms with Crippen molar-refractivity contribution in [3.05, 3.63) is 144 Å². The van der Waals surface area contributed by atoms with Crippen molar-refractivity contribution in [3.8, 4) is 17.6 Å². The van der Waals surface area contributed by atoms with Crippen LogP contribution in [0.3, 0.4) is 0 Å². The van der Waals surface area contributed by atoms with E-state index in [4.69, 9.17) is 14.7 Å². The Morgan fingerprint density at radius 1 is 0.714 bits per heavy atom. The molecule has 7 nitrogen and oxygen atoms in total. The van der Waals surface area contributed by atoms with E-state index in [1.54, 1.807) is 18.2 Å². The highest BCUT2D eigenvalue weighted by molar-refractivity contribution is 5.52. The molecule has 2 saturated heterocycles. The van der Waals surface area contributed by atoms with Crippen molar-refractivity contribution < 1.29 is 24.1 Å². The quantitative estimate of drug-likeness (QED) is 0.146. The Labute approximate surface area is 288 Å². The molecule has 0 bridgehead atoms. The maximum atomic E-state index is 12.9. The van der Waals surface area contributed by atoms with Gasteiger partial charge in [-0.2, -0.15) is 5.26 Å². The van der Waals surface area contributed by atoms with Gasteiger partial charge in [0.05, 0.1) is 23.2 Å². The van der Waals surface area contributed by atoms with Gasteiger partial charge in [-0.3, -0.25) is 0 Å². The number of anilines is 2. The fourth-order valence-electron chi connectivity index (χ4n) is 6.45. The summed E-state index contributed by atoms with van der Waals surface area (Å²) in [7, 11) is 0. The first-order valence-corrected chi connectivity index (χ1v) is 16.7. The van der Waals surface area contributed by atoms with E-state index in [1.165, 1.54) is 12.1 Å². The lowest BCUT2D eigenvalue weighted by molar-refractivity contribution is 0.306. The molecule has 254 valence electrons. The molecule has 2 N–H and O–H groups in total. The van der Waals surface area contributed by atoms with Crippen LogP contribution in [-0.2, 0) is 13.2 Å². The number of halogens is 1. The van der Waals surface area contributed by atoms with Crippen LogP contribution in [0.5, 0.6) is 11.5 Å². The third-order valence-electron chi connectivity index (χ3n) is 8.88. The monoisotopic (exact) mass is 661 g/mol. The van der Waals surface area contributed by atoms with Gasteiger partial charge < -0.3 is 29.5 Å². The minimum Gasteiger partial charge on any atom is -0.513 e. The Balaban J connectivity index is 0.000000191. The van der Waals surface area contributed by atoms with Gasteiger partial charge in [-0.1, -0.05) is 43.5 Å². The molecular formula is C41H44FN3O4. The molecule has 0 radical (unpaired) electrons. The predicted molar refractivity (Wildman–Crippen MR) is 193 cm³/mol. The summed E-state index contributed by atoms with van der Waals surface area (Å²) in [5.74, 6) is 1.80. The van der Waals surface area contributed by atoms with Crippen molar-refractivity contribution in [2.75, 3.05) is 22.9 Å². The van der Waals surface area contributed by atoms with Gasteiger partial charge in [-0.05, 0) is 98.0 Å². The van der Waals surface area contributed by atoms with Crippen LogP contribution in [0.2, 0.25) is 0 Å². The molecule has 4 aromatic carbocycles. The van der Waals surface area contributed by atoms with Gasteiger partial charge in [0, 0.05) is 55.0 Å². The molecule has 0 saturated carbocycles. The number of hydrogen-bond donors (Lipinski definition) is 2. The zero-order chi connectivity index (χ0) is 34.6. The number of benzene rings is 4. The third-order valence-corrected chi connectivity index (χ3v) is 8.88. The molecule has 2 atom stereocenters. The standard InChI is InChI=1S/C21H22N2O2.C20H22FNO2/c1-16(24)13-20-7-4-12-23(20)19-8-10-21(11-9-19)25-15-18-6-3-2-5-17(18)14-22;1-15(23)13-19-3-2-12-22(19)18-8-10-20(11-9-18)24-14-16-4-6-17(21)7-5-16/h2-3,5-6,8-11,20,24H,1,4,7,12-13,15H2;4-11,19,23H,1-3,12-14H2. The summed E-state index contributed by atoms with van der Waals surface area (Å²) in [6.45, 7) is 9.99. The Bertz CT molecular complexity index is 1720. The Morgan fingerprint density at radius 3 is 1.69 bits per heavy atom. The fourth-order valence-corrected chi connectivity index (χ4v) is 6.45. The lowest BCUT2D eigenvalue weighted by atomic mass is 10.1. The molecule has 8 heteroatoms. The van der Waals surface area contributed by atoms with Crippen LogP contribution in [0.4, 0.5) is 15.8 Å². The Hall–Kier alpha value is -5.42. The van der Waals surface area contributed by atoms with E-state index in [-0.39, 0.29) is 17.3 Å². The number of nitrogens with zero attached hydrogens (tertiary/aromatic N) is 3. The first-order chi connectivity index (χ1) is 23.8. The molecule has 2 heterocycles. The summed E-state index contributed by atoms with van der Waals surface area (Å²) in [5, 5.41) is 28.1. The van der Waals surface area contributed by atoms with Crippen molar-refractivity contribution in [1.29, 1.82) is 5.26 Å². The number of nitriles is 1. The lowest BCUT2D eigenvalue weighted by Crippen LogP contribution is -2.29. The highest BCUT2D eigenvalue weighted by Crippen LogP contribution is 2.31. The summed E-state index contributed by atoms with van der Waals surface area (Å²) in [6.07, 6.45) is 5.62. The van der Waals surface area contributed by atoms with E-state index >= 15 is 0 Å². The van der Waals surface area contributed by atoms with Gasteiger partial charge in [0.15, 0.2) is 0 Å². The molecule has 2 unspecified atom stereocenters. The number of aliphatic hydroxyl groups excluding tert-OH is 2. The van der Waals surface area contributed by atoms with Crippen LogP contribution < -0.4 is 19.3 Å². The average molecular weight is 662 g/mol. The molecule has 2 aliphatic rings. The van der Waals surface area contributed by atoms with Gasteiger partial charge in [-0.15, -0.1) is 0 Å². The molecule has 2 fully saturated rings. The third kappa shape index (κ3) is 10.0. The van der Waals surface area contributed by atoms with Gasteiger partial charge in [0.1, 0.15) is 30.5 Å². The molecular weight excluding hydrogens is 617 g/mol. The van der Waals surface area contributed by atoms with Crippen LogP contribution >= 0.6 is 0 Å². The Kier molecular flexibility index (Phi) is 12.2. The fraction of sp³-hybridized carbons (Fsp3) is 0.293. The van der Waals surface area contributed by atoms with Crippen LogP contribution in [0, 0.1) is 17.1 Å². The first kappa shape index (κ1) is 34.9.